The van der Waals surface area contributed by atoms with E-state index in [4.69, 9.17) is 9.05 Å². The monoisotopic (exact) mass is 871 g/mol. The van der Waals surface area contributed by atoms with E-state index < -0.39 is 26.6 Å². The molecule has 9 heteroatoms. The van der Waals surface area contributed by atoms with Crippen molar-refractivity contribution in [3.8, 4) is 0 Å². The van der Waals surface area contributed by atoms with Gasteiger partial charge >= 0.3 is 0 Å². The molecule has 0 spiro atoms. The highest BCUT2D eigenvalue weighted by atomic mass is 31.2. The molecule has 0 heterocycles. The minimum atomic E-state index is -4.60. The van der Waals surface area contributed by atoms with Crippen molar-refractivity contribution in [1.29, 1.82) is 0 Å². The lowest BCUT2D eigenvalue weighted by molar-refractivity contribution is -0.870. The highest BCUT2D eigenvalue weighted by Crippen LogP contribution is 2.38. The van der Waals surface area contributed by atoms with Gasteiger partial charge in [-0.05, 0) is 83.5 Å². The molecule has 0 fully saturated rings. The number of phosphoric acid groups is 1. The lowest BCUT2D eigenvalue weighted by Crippen LogP contribution is -2.45. The van der Waals surface area contributed by atoms with Crippen molar-refractivity contribution in [1.82, 2.24) is 5.32 Å². The maximum atomic E-state index is 12.9. The summed E-state index contributed by atoms with van der Waals surface area (Å²) in [5, 5.41) is 13.7. The van der Waals surface area contributed by atoms with Gasteiger partial charge in [0.2, 0.25) is 5.91 Å². The molecule has 0 aliphatic rings. The van der Waals surface area contributed by atoms with E-state index >= 15 is 0 Å². The van der Waals surface area contributed by atoms with Crippen LogP contribution in [0.2, 0.25) is 0 Å². The van der Waals surface area contributed by atoms with E-state index in [1.54, 1.807) is 6.08 Å². The zero-order valence-corrected chi connectivity index (χ0v) is 40.5. The van der Waals surface area contributed by atoms with Crippen LogP contribution in [-0.2, 0) is 18.4 Å². The number of nitrogens with one attached hydrogen (secondary N) is 1. The van der Waals surface area contributed by atoms with Gasteiger partial charge in [0, 0.05) is 6.42 Å². The Labute approximate surface area is 375 Å². The van der Waals surface area contributed by atoms with Crippen molar-refractivity contribution in [3.05, 3.63) is 97.2 Å². The van der Waals surface area contributed by atoms with E-state index in [1.807, 2.05) is 27.2 Å². The number of hydrogen-bond acceptors (Lipinski definition) is 6. The van der Waals surface area contributed by atoms with Crippen LogP contribution in [0.5, 0.6) is 0 Å². The quantitative estimate of drug-likeness (QED) is 0.0274. The molecule has 1 amide bonds. The van der Waals surface area contributed by atoms with E-state index in [0.717, 1.165) is 83.5 Å². The van der Waals surface area contributed by atoms with Crippen LogP contribution in [0.25, 0.3) is 0 Å². The van der Waals surface area contributed by atoms with Gasteiger partial charge in [-0.3, -0.25) is 9.36 Å². The number of aliphatic hydroxyl groups is 1. The maximum Gasteiger partial charge on any atom is 0.268 e. The van der Waals surface area contributed by atoms with Gasteiger partial charge in [0.1, 0.15) is 13.2 Å². The summed E-state index contributed by atoms with van der Waals surface area (Å²) in [5.41, 5.74) is 0. The number of amides is 1. The fourth-order valence-corrected chi connectivity index (χ4v) is 6.95. The van der Waals surface area contributed by atoms with Gasteiger partial charge < -0.3 is 28.8 Å². The number of quaternary nitrogens is 1. The molecule has 3 unspecified atom stereocenters. The predicted octanol–water partition coefficient (Wildman–Crippen LogP) is 13.3. The second-order valence-corrected chi connectivity index (χ2v) is 18.5. The lowest BCUT2D eigenvalue weighted by Gasteiger charge is -2.29. The van der Waals surface area contributed by atoms with E-state index in [9.17, 15) is 19.4 Å². The fourth-order valence-electron chi connectivity index (χ4n) is 6.23. The topological polar surface area (TPSA) is 108 Å². The number of allylic oxidation sites excluding steroid dienone is 15. The molecular weight excluding hydrogens is 780 g/mol. The number of likely N-dealkylation sites (N-methyl/N-ethyl adjacent to an activating group) is 1. The van der Waals surface area contributed by atoms with Gasteiger partial charge in [0.15, 0.2) is 0 Å². The number of rotatable bonds is 42. The molecule has 0 aliphatic carbocycles. The summed E-state index contributed by atoms with van der Waals surface area (Å²) in [6.45, 7) is 4.44. The molecule has 0 saturated heterocycles. The molecule has 0 aromatic carbocycles. The van der Waals surface area contributed by atoms with Crippen molar-refractivity contribution in [3.63, 3.8) is 0 Å². The van der Waals surface area contributed by atoms with Crippen LogP contribution >= 0.6 is 7.82 Å². The first kappa shape index (κ1) is 58.4. The van der Waals surface area contributed by atoms with Crippen LogP contribution in [0.1, 0.15) is 174 Å². The molecule has 3 atom stereocenters. The summed E-state index contributed by atoms with van der Waals surface area (Å²) < 4.78 is 23.1. The molecule has 0 aliphatic heterocycles. The largest absolute Gasteiger partial charge is 0.756 e. The van der Waals surface area contributed by atoms with E-state index in [1.165, 1.54) is 70.6 Å². The molecule has 350 valence electrons. The molecule has 0 bridgehead atoms. The summed E-state index contributed by atoms with van der Waals surface area (Å²) in [6, 6.07) is -0.909. The Hall–Kier alpha value is -2.58. The van der Waals surface area contributed by atoms with Crippen molar-refractivity contribution in [2.45, 2.75) is 187 Å². The number of hydrogen-bond donors (Lipinski definition) is 2. The molecule has 61 heavy (non-hydrogen) atoms. The van der Waals surface area contributed by atoms with Crippen molar-refractivity contribution in [2.24, 2.45) is 0 Å². The first-order chi connectivity index (χ1) is 29.5. The Morgan fingerprint density at radius 1 is 0.590 bits per heavy atom. The smallest absolute Gasteiger partial charge is 0.268 e. The standard InChI is InChI=1S/C52H91N2O6P/c1-6-8-10-12-14-16-18-19-20-21-22-23-24-25-26-27-28-29-30-31-32-33-34-35-36-38-40-42-44-46-52(56)53-50(49-60-61(57,58)59-48-47-54(3,4)5)51(55)45-43-41-39-37-17-15-13-11-9-7-2/h8,10,14,16-17,19-20,22-23,25-26,28-29,37,43,45,50-51,55H,6-7,9,11-13,15,18,21,24,27,30-36,38-42,44,46-49H2,1-5H3,(H-,53,56,57,58)/b10-8-,16-14-,20-19-,23-22-,26-25-,29-28-,37-17+,45-43+. The van der Waals surface area contributed by atoms with Crippen molar-refractivity contribution in [2.75, 3.05) is 40.9 Å². The molecule has 8 nitrogen and oxygen atoms in total. The third-order valence-corrected chi connectivity index (χ3v) is 11.0. The number of aliphatic hydroxyl groups excluding tert-OH is 1. The SMILES string of the molecule is CC/C=C\C/C=C\C/C=C\C/C=C\C/C=C\C/C=C\CCCCCCCCCCCCC(=O)NC(COP(=O)([O-])OCC[N+](C)(C)C)C(O)/C=C/CC/C=C/CCCCCC. The summed E-state index contributed by atoms with van der Waals surface area (Å²) in [4.78, 5) is 25.3. The highest BCUT2D eigenvalue weighted by molar-refractivity contribution is 7.45. The third-order valence-electron chi connectivity index (χ3n) is 10.0. The minimum absolute atomic E-state index is 0.0123. The average Bonchev–Trinajstić information content (AvgIpc) is 3.21. The summed E-state index contributed by atoms with van der Waals surface area (Å²) >= 11 is 0. The van der Waals surface area contributed by atoms with E-state index in [2.05, 4.69) is 104 Å². The Morgan fingerprint density at radius 2 is 1.02 bits per heavy atom. The fraction of sp³-hybridized carbons (Fsp3) is 0.673. The van der Waals surface area contributed by atoms with Crippen LogP contribution in [0.3, 0.4) is 0 Å². The maximum absolute atomic E-state index is 12.9. The first-order valence-electron chi connectivity index (χ1n) is 24.1. The van der Waals surface area contributed by atoms with Crippen LogP contribution in [0.4, 0.5) is 0 Å². The van der Waals surface area contributed by atoms with Crippen LogP contribution in [0.15, 0.2) is 97.2 Å². The van der Waals surface area contributed by atoms with Gasteiger partial charge in [-0.2, -0.15) is 0 Å². The number of nitrogens with zero attached hydrogens (tertiary/aromatic N) is 1. The Bertz CT molecular complexity index is 1310. The van der Waals surface area contributed by atoms with Crippen LogP contribution < -0.4 is 10.2 Å². The molecule has 0 radical (unpaired) electrons. The minimum Gasteiger partial charge on any atom is -0.756 e. The predicted molar refractivity (Wildman–Crippen MR) is 260 cm³/mol. The summed E-state index contributed by atoms with van der Waals surface area (Å²) in [7, 11) is 1.22. The van der Waals surface area contributed by atoms with Gasteiger partial charge in [-0.25, -0.2) is 0 Å². The van der Waals surface area contributed by atoms with Gasteiger partial charge in [-0.15, -0.1) is 0 Å². The molecule has 0 aromatic rings. The van der Waals surface area contributed by atoms with Crippen LogP contribution in [0, 0.1) is 0 Å². The van der Waals surface area contributed by atoms with Crippen molar-refractivity contribution >= 4 is 13.7 Å². The van der Waals surface area contributed by atoms with Crippen molar-refractivity contribution < 1.29 is 32.9 Å². The van der Waals surface area contributed by atoms with E-state index in [-0.39, 0.29) is 12.5 Å². The zero-order valence-electron chi connectivity index (χ0n) is 39.6. The Morgan fingerprint density at radius 3 is 1.52 bits per heavy atom. The molecule has 0 rings (SSSR count). The molecule has 2 N–H and O–H groups in total. The lowest BCUT2D eigenvalue weighted by atomic mass is 10.0. The first-order valence-corrected chi connectivity index (χ1v) is 25.6. The summed E-state index contributed by atoms with van der Waals surface area (Å²) in [6.07, 6.45) is 60.5. The highest BCUT2D eigenvalue weighted by Gasteiger charge is 2.23. The summed E-state index contributed by atoms with van der Waals surface area (Å²) in [5.74, 6) is -0.220. The number of carbonyl (C=O) groups is 1. The van der Waals surface area contributed by atoms with Gasteiger partial charge in [0.05, 0.1) is 39.9 Å². The van der Waals surface area contributed by atoms with Gasteiger partial charge in [-0.1, -0.05) is 182 Å². The second kappa shape index (κ2) is 42.7. The number of phosphoric ester groups is 1. The van der Waals surface area contributed by atoms with E-state index in [0.29, 0.717) is 17.4 Å². The van der Waals surface area contributed by atoms with Gasteiger partial charge in [0.25, 0.3) is 7.82 Å². The van der Waals surface area contributed by atoms with Crippen LogP contribution in [-0.4, -0.2) is 68.5 Å². The average molecular weight is 871 g/mol. The number of unbranched alkanes of at least 4 members (excludes halogenated alkanes) is 15. The third kappa shape index (κ3) is 45.3. The second-order valence-electron chi connectivity index (χ2n) is 17.1. The molecule has 0 saturated carbocycles. The Balaban J connectivity index is 4.20. The Kier molecular flexibility index (Phi) is 40.9. The number of carbonyl (C=O) groups excluding carboxylic acids is 1. The normalized spacial score (nSPS) is 15.1. The zero-order chi connectivity index (χ0) is 45.0. The molecule has 0 aromatic heterocycles. The molecular formula is C52H91N2O6P.